The van der Waals surface area contributed by atoms with Gasteiger partial charge in [-0.1, -0.05) is 43.5 Å². The molecule has 1 aliphatic heterocycles. The molecule has 0 bridgehead atoms. The normalized spacial score (nSPS) is 16.7. The van der Waals surface area contributed by atoms with Gasteiger partial charge in [0.2, 0.25) is 0 Å². The third kappa shape index (κ3) is 4.81. The highest BCUT2D eigenvalue weighted by molar-refractivity contribution is 7.91. The minimum atomic E-state index is -3.91. The van der Waals surface area contributed by atoms with E-state index in [9.17, 15) is 13.2 Å². The first-order valence-electron chi connectivity index (χ1n) is 9.65. The average Bonchev–Trinajstić information content (AvgIpc) is 3.27. The van der Waals surface area contributed by atoms with E-state index in [2.05, 4.69) is 13.2 Å². The van der Waals surface area contributed by atoms with Crippen LogP contribution in [-0.2, 0) is 32.5 Å². The van der Waals surface area contributed by atoms with Crippen LogP contribution in [0, 0.1) is 0 Å². The van der Waals surface area contributed by atoms with E-state index in [0.717, 1.165) is 33.0 Å². The zero-order valence-electron chi connectivity index (χ0n) is 17.9. The Morgan fingerprint density at radius 1 is 1.16 bits per heavy atom. The van der Waals surface area contributed by atoms with Gasteiger partial charge in [-0.2, -0.15) is 4.31 Å². The zero-order chi connectivity index (χ0) is 22.8. The number of benzene rings is 1. The van der Waals surface area contributed by atoms with E-state index in [0.29, 0.717) is 5.57 Å². The fourth-order valence-electron chi connectivity index (χ4n) is 3.26. The molecule has 0 aliphatic carbocycles. The molecular formula is C23H26N2O4S2. The minimum absolute atomic E-state index is 0.120. The highest BCUT2D eigenvalue weighted by Gasteiger charge is 2.40. The van der Waals surface area contributed by atoms with E-state index in [-0.39, 0.29) is 17.2 Å². The van der Waals surface area contributed by atoms with E-state index in [1.165, 1.54) is 11.4 Å². The molecule has 3 rings (SSSR count). The molecule has 1 aromatic carbocycles. The Kier molecular flexibility index (Phi) is 6.83. The molecule has 0 N–H and O–H groups in total. The molecule has 1 unspecified atom stereocenters. The SMILES string of the molecule is C=C(/C=C\C(=C)N(C)C)c1ccc(S(=O)(=O)N2Cc3ccccc3CC2C(=O)OC)s1. The van der Waals surface area contributed by atoms with E-state index < -0.39 is 22.0 Å². The van der Waals surface area contributed by atoms with Crippen molar-refractivity contribution in [3.63, 3.8) is 0 Å². The molecule has 0 fully saturated rings. The number of hydrogen-bond acceptors (Lipinski definition) is 6. The molecule has 2 heterocycles. The van der Waals surface area contributed by atoms with Gasteiger partial charge in [0.1, 0.15) is 10.3 Å². The van der Waals surface area contributed by atoms with Crippen molar-refractivity contribution in [2.75, 3.05) is 21.2 Å². The second-order valence-corrected chi connectivity index (χ2v) is 10.6. The highest BCUT2D eigenvalue weighted by Crippen LogP contribution is 2.34. The number of carbonyl (C=O) groups is 1. The lowest BCUT2D eigenvalue weighted by Crippen LogP contribution is -2.48. The molecule has 1 aromatic heterocycles. The molecule has 0 saturated heterocycles. The van der Waals surface area contributed by atoms with Crippen molar-refractivity contribution in [2.45, 2.75) is 23.2 Å². The Balaban J connectivity index is 1.91. The number of methoxy groups -OCH3 is 1. The quantitative estimate of drug-likeness (QED) is 0.468. The van der Waals surface area contributed by atoms with Gasteiger partial charge in [0.15, 0.2) is 0 Å². The summed E-state index contributed by atoms with van der Waals surface area (Å²) in [6.45, 7) is 8.08. The Hall–Kier alpha value is -2.68. The molecule has 2 aromatic rings. The van der Waals surface area contributed by atoms with Gasteiger partial charge in [-0.05, 0) is 34.9 Å². The molecule has 1 atom stereocenters. The molecule has 164 valence electrons. The first-order valence-corrected chi connectivity index (χ1v) is 11.9. The summed E-state index contributed by atoms with van der Waals surface area (Å²) in [5, 5.41) is 0. The van der Waals surface area contributed by atoms with Crippen molar-refractivity contribution in [1.82, 2.24) is 9.21 Å². The summed E-state index contributed by atoms with van der Waals surface area (Å²) in [6.07, 6.45) is 3.91. The van der Waals surface area contributed by atoms with Crippen molar-refractivity contribution < 1.29 is 17.9 Å². The van der Waals surface area contributed by atoms with Crippen LogP contribution in [0.3, 0.4) is 0 Å². The lowest BCUT2D eigenvalue weighted by Gasteiger charge is -2.33. The van der Waals surface area contributed by atoms with Crippen LogP contribution in [0.25, 0.3) is 5.57 Å². The topological polar surface area (TPSA) is 66.9 Å². The number of nitrogens with zero attached hydrogens (tertiary/aromatic N) is 2. The molecule has 1 aliphatic rings. The predicted octanol–water partition coefficient (Wildman–Crippen LogP) is 3.68. The zero-order valence-corrected chi connectivity index (χ0v) is 19.5. The lowest BCUT2D eigenvalue weighted by molar-refractivity contribution is -0.145. The number of hydrogen-bond donors (Lipinski definition) is 0. The van der Waals surface area contributed by atoms with Gasteiger partial charge in [-0.3, -0.25) is 4.79 Å². The summed E-state index contributed by atoms with van der Waals surface area (Å²) < 4.78 is 33.3. The Morgan fingerprint density at radius 2 is 1.84 bits per heavy atom. The molecule has 0 radical (unpaired) electrons. The largest absolute Gasteiger partial charge is 0.468 e. The van der Waals surface area contributed by atoms with Crippen LogP contribution < -0.4 is 0 Å². The second kappa shape index (κ2) is 9.21. The fraction of sp³-hybridized carbons (Fsp3) is 0.261. The number of likely N-dealkylation sites (N-methyl/N-ethyl adjacent to an activating group) is 1. The van der Waals surface area contributed by atoms with Gasteiger partial charge in [0, 0.05) is 37.6 Å². The Labute approximate surface area is 187 Å². The summed E-state index contributed by atoms with van der Waals surface area (Å²) >= 11 is 1.13. The van der Waals surface area contributed by atoms with Crippen molar-refractivity contribution in [3.05, 3.63) is 83.4 Å². The van der Waals surface area contributed by atoms with E-state index in [1.807, 2.05) is 49.3 Å². The maximum Gasteiger partial charge on any atom is 0.324 e. The van der Waals surface area contributed by atoms with Crippen LogP contribution in [0.2, 0.25) is 0 Å². The van der Waals surface area contributed by atoms with Crippen molar-refractivity contribution in [3.8, 4) is 0 Å². The number of esters is 1. The maximum absolute atomic E-state index is 13.5. The number of rotatable bonds is 7. The summed E-state index contributed by atoms with van der Waals surface area (Å²) in [7, 11) is 1.14. The summed E-state index contributed by atoms with van der Waals surface area (Å²) in [5.74, 6) is -0.565. The third-order valence-electron chi connectivity index (χ3n) is 5.19. The molecule has 31 heavy (non-hydrogen) atoms. The summed E-state index contributed by atoms with van der Waals surface area (Å²) in [5.41, 5.74) is 3.33. The fourth-order valence-corrected chi connectivity index (χ4v) is 6.21. The number of ether oxygens (including phenoxy) is 1. The number of allylic oxidation sites excluding steroid dienone is 3. The molecule has 8 heteroatoms. The summed E-state index contributed by atoms with van der Waals surface area (Å²) in [6, 6.07) is 9.93. The van der Waals surface area contributed by atoms with Crippen LogP contribution in [-0.4, -0.2) is 50.8 Å². The van der Waals surface area contributed by atoms with E-state index >= 15 is 0 Å². The van der Waals surface area contributed by atoms with E-state index in [4.69, 9.17) is 4.74 Å². The Bertz CT molecular complexity index is 1150. The monoisotopic (exact) mass is 458 g/mol. The predicted molar refractivity (Wildman–Crippen MR) is 124 cm³/mol. The first-order chi connectivity index (χ1) is 14.6. The van der Waals surface area contributed by atoms with E-state index in [1.54, 1.807) is 18.2 Å². The molecule has 0 amide bonds. The van der Waals surface area contributed by atoms with Gasteiger partial charge in [-0.25, -0.2) is 8.42 Å². The summed E-state index contributed by atoms with van der Waals surface area (Å²) in [4.78, 5) is 15.0. The van der Waals surface area contributed by atoms with Crippen molar-refractivity contribution >= 4 is 32.9 Å². The second-order valence-electron chi connectivity index (χ2n) is 7.43. The molecular weight excluding hydrogens is 432 g/mol. The van der Waals surface area contributed by atoms with Gasteiger partial charge >= 0.3 is 5.97 Å². The number of fused-ring (bicyclic) bond motifs is 1. The molecule has 0 saturated carbocycles. The van der Waals surface area contributed by atoms with Crippen LogP contribution in [0.5, 0.6) is 0 Å². The standard InChI is InChI=1S/C23H26N2O4S2/c1-16(10-11-17(2)24(3)4)21-12-13-22(30-21)31(27,28)25-15-19-9-7-6-8-18(19)14-20(25)23(26)29-5/h6-13,20H,1-2,14-15H2,3-5H3/b11-10-. The van der Waals surface area contributed by atoms with Crippen LogP contribution >= 0.6 is 11.3 Å². The van der Waals surface area contributed by atoms with Gasteiger partial charge in [-0.15, -0.1) is 11.3 Å². The van der Waals surface area contributed by atoms with Crippen LogP contribution in [0.4, 0.5) is 0 Å². The number of carbonyl (C=O) groups excluding carboxylic acids is 1. The minimum Gasteiger partial charge on any atom is -0.468 e. The van der Waals surface area contributed by atoms with Gasteiger partial charge in [0.25, 0.3) is 10.0 Å². The maximum atomic E-state index is 13.5. The first kappa shape index (κ1) is 23.0. The van der Waals surface area contributed by atoms with Crippen molar-refractivity contribution in [1.29, 1.82) is 0 Å². The Morgan fingerprint density at radius 3 is 2.48 bits per heavy atom. The number of thiophene rings is 1. The molecule has 6 nitrogen and oxygen atoms in total. The lowest BCUT2D eigenvalue weighted by atomic mass is 9.96. The smallest absolute Gasteiger partial charge is 0.324 e. The highest BCUT2D eigenvalue weighted by atomic mass is 32.2. The van der Waals surface area contributed by atoms with Crippen LogP contribution in [0.15, 0.2) is 71.6 Å². The van der Waals surface area contributed by atoms with Gasteiger partial charge < -0.3 is 9.64 Å². The molecule has 0 spiro atoms. The van der Waals surface area contributed by atoms with Crippen molar-refractivity contribution in [2.24, 2.45) is 0 Å². The van der Waals surface area contributed by atoms with Gasteiger partial charge in [0.05, 0.1) is 7.11 Å². The average molecular weight is 459 g/mol. The third-order valence-corrected chi connectivity index (χ3v) is 8.67. The number of sulfonamides is 1. The van der Waals surface area contributed by atoms with Crippen LogP contribution in [0.1, 0.15) is 16.0 Å².